The van der Waals surface area contributed by atoms with E-state index in [9.17, 15) is 13.6 Å². The molecule has 0 fully saturated rings. The number of halogens is 3. The van der Waals surface area contributed by atoms with Crippen LogP contribution in [-0.2, 0) is 0 Å². The number of aliphatic hydroxyl groups excluding tert-OH is 1. The second kappa shape index (κ2) is 10.5. The Labute approximate surface area is 202 Å². The highest BCUT2D eigenvalue weighted by Gasteiger charge is 2.19. The van der Waals surface area contributed by atoms with Gasteiger partial charge in [-0.3, -0.25) is 14.8 Å². The summed E-state index contributed by atoms with van der Waals surface area (Å²) in [6, 6.07) is 6.09. The lowest BCUT2D eigenvalue weighted by Gasteiger charge is -2.14. The Morgan fingerprint density at radius 2 is 1.91 bits per heavy atom. The minimum absolute atomic E-state index is 0.00117. The summed E-state index contributed by atoms with van der Waals surface area (Å²) in [6.45, 7) is -0.214. The number of carbonyl (C=O) groups excluding carboxylic acids is 1. The number of rotatable bonds is 8. The van der Waals surface area contributed by atoms with E-state index in [1.165, 1.54) is 43.9 Å². The minimum atomic E-state index is -1.07. The first-order valence-electron chi connectivity index (χ1n) is 10.1. The summed E-state index contributed by atoms with van der Waals surface area (Å²) in [5.41, 5.74) is 0.348. The second-order valence-electron chi connectivity index (χ2n) is 6.93. The predicted octanol–water partition coefficient (Wildman–Crippen LogP) is 4.38. The van der Waals surface area contributed by atoms with Gasteiger partial charge in [-0.2, -0.15) is 0 Å². The van der Waals surface area contributed by atoms with Gasteiger partial charge in [-0.1, -0.05) is 11.6 Å². The first-order valence-corrected chi connectivity index (χ1v) is 10.4. The Morgan fingerprint density at radius 1 is 1.14 bits per heavy atom. The van der Waals surface area contributed by atoms with Gasteiger partial charge in [0, 0.05) is 48.5 Å². The van der Waals surface area contributed by atoms with Crippen LogP contribution in [0.1, 0.15) is 10.4 Å². The maximum Gasteiger partial charge on any atom is 0.258 e. The molecule has 4 rings (SSSR count). The number of fused-ring (bicyclic) bond motifs is 1. The standard InChI is InChI=1S/C23H17ClF2N4O5/c1-33-23-19(34-7-6-31)10-17-20(30-23)18(3-5-28-17)35-21-15(25)8-12(9-16(21)26)29-22(32)13-11-27-4-2-14(13)24/h2-5,8-11,31H,6-7H2,1H3,(H,29,32). The number of anilines is 1. The molecule has 1 amide bonds. The van der Waals surface area contributed by atoms with Crippen LogP contribution in [0.25, 0.3) is 11.0 Å². The first kappa shape index (κ1) is 24.0. The van der Waals surface area contributed by atoms with E-state index in [1.807, 2.05) is 0 Å². The molecule has 0 radical (unpaired) electrons. The molecule has 1 aromatic carbocycles. The first-order chi connectivity index (χ1) is 16.9. The van der Waals surface area contributed by atoms with Crippen molar-refractivity contribution in [1.82, 2.24) is 15.0 Å². The molecule has 3 aromatic heterocycles. The molecular weight excluding hydrogens is 486 g/mol. The summed E-state index contributed by atoms with van der Waals surface area (Å²) in [7, 11) is 1.36. The van der Waals surface area contributed by atoms with Gasteiger partial charge in [0.1, 0.15) is 12.1 Å². The normalized spacial score (nSPS) is 10.8. The molecule has 12 heteroatoms. The molecule has 180 valence electrons. The topological polar surface area (TPSA) is 116 Å². The molecule has 4 aromatic rings. The van der Waals surface area contributed by atoms with Crippen molar-refractivity contribution in [2.24, 2.45) is 0 Å². The third-order valence-electron chi connectivity index (χ3n) is 4.63. The zero-order chi connectivity index (χ0) is 24.9. The average Bonchev–Trinajstić information content (AvgIpc) is 2.84. The van der Waals surface area contributed by atoms with Gasteiger partial charge in [0.25, 0.3) is 11.8 Å². The summed E-state index contributed by atoms with van der Waals surface area (Å²) in [4.78, 5) is 24.6. The number of nitrogens with one attached hydrogen (secondary N) is 1. The summed E-state index contributed by atoms with van der Waals surface area (Å²) in [5.74, 6) is -3.25. The predicted molar refractivity (Wildman–Crippen MR) is 122 cm³/mol. The van der Waals surface area contributed by atoms with Gasteiger partial charge >= 0.3 is 0 Å². The van der Waals surface area contributed by atoms with Gasteiger partial charge in [-0.05, 0) is 6.07 Å². The lowest BCUT2D eigenvalue weighted by molar-refractivity contribution is 0.102. The quantitative estimate of drug-likeness (QED) is 0.365. The van der Waals surface area contributed by atoms with Gasteiger partial charge in [-0.25, -0.2) is 13.8 Å². The fourth-order valence-corrected chi connectivity index (χ4v) is 3.27. The molecule has 0 atom stereocenters. The zero-order valence-electron chi connectivity index (χ0n) is 18.1. The Hall–Kier alpha value is -4.09. The van der Waals surface area contributed by atoms with Crippen molar-refractivity contribution in [2.45, 2.75) is 0 Å². The van der Waals surface area contributed by atoms with Crippen LogP contribution >= 0.6 is 11.6 Å². The molecule has 0 saturated carbocycles. The second-order valence-corrected chi connectivity index (χ2v) is 7.33. The maximum atomic E-state index is 14.8. The molecule has 0 spiro atoms. The lowest BCUT2D eigenvalue weighted by Crippen LogP contribution is -2.13. The summed E-state index contributed by atoms with van der Waals surface area (Å²) in [6.07, 6.45) is 4.00. The molecular formula is C23H17ClF2N4O5. The van der Waals surface area contributed by atoms with E-state index < -0.39 is 23.3 Å². The van der Waals surface area contributed by atoms with Gasteiger partial charge in [0.15, 0.2) is 28.9 Å². The van der Waals surface area contributed by atoms with Crippen molar-refractivity contribution in [3.8, 4) is 23.1 Å². The number of methoxy groups -OCH3 is 1. The number of pyridine rings is 3. The highest BCUT2D eigenvalue weighted by molar-refractivity contribution is 6.34. The van der Waals surface area contributed by atoms with E-state index in [1.54, 1.807) is 0 Å². The summed E-state index contributed by atoms with van der Waals surface area (Å²) >= 11 is 5.96. The van der Waals surface area contributed by atoms with Crippen molar-refractivity contribution in [3.05, 3.63) is 71.1 Å². The largest absolute Gasteiger partial charge is 0.485 e. The average molecular weight is 503 g/mol. The van der Waals surface area contributed by atoms with Crippen LogP contribution in [0.15, 0.2) is 48.9 Å². The molecule has 3 heterocycles. The minimum Gasteiger partial charge on any atom is -0.485 e. The number of amides is 1. The monoisotopic (exact) mass is 502 g/mol. The number of nitrogens with zero attached hydrogens (tertiary/aromatic N) is 3. The fraction of sp³-hybridized carbons (Fsp3) is 0.130. The number of carbonyl (C=O) groups is 1. The van der Waals surface area contributed by atoms with Crippen LogP contribution in [0.3, 0.4) is 0 Å². The van der Waals surface area contributed by atoms with Gasteiger partial charge < -0.3 is 24.6 Å². The Bertz CT molecular complexity index is 1380. The molecule has 0 bridgehead atoms. The molecule has 0 aliphatic carbocycles. The number of ether oxygens (including phenoxy) is 3. The van der Waals surface area contributed by atoms with Crippen molar-refractivity contribution >= 4 is 34.2 Å². The summed E-state index contributed by atoms with van der Waals surface area (Å²) < 4.78 is 45.7. The number of aromatic nitrogens is 3. The van der Waals surface area contributed by atoms with E-state index in [2.05, 4.69) is 20.3 Å². The SMILES string of the molecule is COc1nc2c(Oc3c(F)cc(NC(=O)c4cnccc4Cl)cc3F)ccnc2cc1OCCO. The lowest BCUT2D eigenvalue weighted by atomic mass is 10.2. The highest BCUT2D eigenvalue weighted by atomic mass is 35.5. The van der Waals surface area contributed by atoms with Gasteiger partial charge in [-0.15, -0.1) is 0 Å². The molecule has 2 N–H and O–H groups in total. The van der Waals surface area contributed by atoms with Crippen LogP contribution < -0.4 is 19.5 Å². The molecule has 35 heavy (non-hydrogen) atoms. The molecule has 0 aliphatic rings. The number of hydrogen-bond donors (Lipinski definition) is 2. The van der Waals surface area contributed by atoms with Gasteiger partial charge in [0.2, 0.25) is 0 Å². The Morgan fingerprint density at radius 3 is 2.60 bits per heavy atom. The van der Waals surface area contributed by atoms with Gasteiger partial charge in [0.05, 0.1) is 29.8 Å². The van der Waals surface area contributed by atoms with E-state index in [0.29, 0.717) is 5.52 Å². The highest BCUT2D eigenvalue weighted by Crippen LogP contribution is 2.36. The number of hydrogen-bond acceptors (Lipinski definition) is 8. The third-order valence-corrected chi connectivity index (χ3v) is 4.96. The maximum absolute atomic E-state index is 14.8. The molecule has 0 saturated heterocycles. The van der Waals surface area contributed by atoms with Crippen molar-refractivity contribution in [3.63, 3.8) is 0 Å². The van der Waals surface area contributed by atoms with Crippen molar-refractivity contribution < 1.29 is 32.9 Å². The van der Waals surface area contributed by atoms with Crippen molar-refractivity contribution in [1.29, 1.82) is 0 Å². The van der Waals surface area contributed by atoms with Crippen LogP contribution in [0.5, 0.6) is 23.1 Å². The zero-order valence-corrected chi connectivity index (χ0v) is 18.8. The molecule has 0 unspecified atom stereocenters. The molecule has 9 nitrogen and oxygen atoms in total. The van der Waals surface area contributed by atoms with Crippen LogP contribution in [0.4, 0.5) is 14.5 Å². The summed E-state index contributed by atoms with van der Waals surface area (Å²) in [5, 5.41) is 11.5. The third kappa shape index (κ3) is 5.20. The fourth-order valence-electron chi connectivity index (χ4n) is 3.08. The van der Waals surface area contributed by atoms with Crippen LogP contribution in [-0.4, -0.2) is 46.3 Å². The Balaban J connectivity index is 1.63. The van der Waals surface area contributed by atoms with Crippen LogP contribution in [0.2, 0.25) is 5.02 Å². The van der Waals surface area contributed by atoms with E-state index in [-0.39, 0.29) is 52.4 Å². The van der Waals surface area contributed by atoms with Crippen molar-refractivity contribution in [2.75, 3.05) is 25.6 Å². The van der Waals surface area contributed by atoms with E-state index >= 15 is 0 Å². The van der Waals surface area contributed by atoms with E-state index in [4.69, 9.17) is 30.9 Å². The van der Waals surface area contributed by atoms with E-state index in [0.717, 1.165) is 12.1 Å². The van der Waals surface area contributed by atoms with Crippen LogP contribution in [0, 0.1) is 11.6 Å². The number of benzene rings is 1. The number of aliphatic hydroxyl groups is 1. The smallest absolute Gasteiger partial charge is 0.258 e. The Kier molecular flexibility index (Phi) is 7.18. The molecule has 0 aliphatic heterocycles.